The van der Waals surface area contributed by atoms with Crippen molar-refractivity contribution in [2.45, 2.75) is 19.9 Å². The monoisotopic (exact) mass is 301 g/mol. The lowest BCUT2D eigenvalue weighted by Gasteiger charge is -2.07. The van der Waals surface area contributed by atoms with Crippen LogP contribution in [0.15, 0.2) is 47.5 Å². The van der Waals surface area contributed by atoms with E-state index in [0.29, 0.717) is 26.1 Å². The highest BCUT2D eigenvalue weighted by molar-refractivity contribution is 5.78. The number of ether oxygens (including phenoxy) is 1. The minimum absolute atomic E-state index is 0.0823. The van der Waals surface area contributed by atoms with E-state index in [1.54, 1.807) is 12.3 Å². The Balaban J connectivity index is 1.78. The zero-order valence-electron chi connectivity index (χ0n) is 12.5. The zero-order chi connectivity index (χ0) is 15.8. The second-order valence-corrected chi connectivity index (χ2v) is 4.70. The summed E-state index contributed by atoms with van der Waals surface area (Å²) in [5, 5.41) is 2.79. The summed E-state index contributed by atoms with van der Waals surface area (Å²) in [5.41, 5.74) is 0.600. The van der Waals surface area contributed by atoms with E-state index in [9.17, 15) is 9.59 Å². The maximum absolute atomic E-state index is 11.9. The van der Waals surface area contributed by atoms with Crippen LogP contribution in [-0.2, 0) is 17.8 Å². The smallest absolute Gasteiger partial charge is 0.347 e. The van der Waals surface area contributed by atoms with Gasteiger partial charge < -0.3 is 10.1 Å². The van der Waals surface area contributed by atoms with Crippen LogP contribution in [0, 0.1) is 0 Å². The number of nitrogens with one attached hydrogen (secondary N) is 1. The second-order valence-electron chi connectivity index (χ2n) is 4.70. The summed E-state index contributed by atoms with van der Waals surface area (Å²) in [6, 6.07) is 9.12. The van der Waals surface area contributed by atoms with Gasteiger partial charge in [0.05, 0.1) is 13.0 Å². The Morgan fingerprint density at radius 1 is 1.32 bits per heavy atom. The van der Waals surface area contributed by atoms with Crippen molar-refractivity contribution in [2.24, 2.45) is 0 Å². The highest BCUT2D eigenvalue weighted by Crippen LogP contribution is 2.12. The SMILES string of the molecule is CCOc1ccc(CC(=O)NCCn2cccnc2=O)cc1. The van der Waals surface area contributed by atoms with Crippen LogP contribution in [0.1, 0.15) is 12.5 Å². The van der Waals surface area contributed by atoms with Gasteiger partial charge in [-0.15, -0.1) is 0 Å². The molecular weight excluding hydrogens is 282 g/mol. The molecule has 2 aromatic rings. The van der Waals surface area contributed by atoms with Crippen LogP contribution in [0.25, 0.3) is 0 Å². The lowest BCUT2D eigenvalue weighted by molar-refractivity contribution is -0.120. The van der Waals surface area contributed by atoms with Crippen molar-refractivity contribution in [3.8, 4) is 5.75 Å². The number of hydrogen-bond acceptors (Lipinski definition) is 4. The van der Waals surface area contributed by atoms with E-state index in [0.717, 1.165) is 11.3 Å². The first-order valence-corrected chi connectivity index (χ1v) is 7.19. The van der Waals surface area contributed by atoms with E-state index in [1.165, 1.54) is 10.8 Å². The molecule has 0 saturated carbocycles. The fourth-order valence-electron chi connectivity index (χ4n) is 1.99. The first kappa shape index (κ1) is 15.8. The van der Waals surface area contributed by atoms with Crippen molar-refractivity contribution in [1.29, 1.82) is 0 Å². The Kier molecular flexibility index (Phi) is 5.71. The molecule has 0 aliphatic heterocycles. The van der Waals surface area contributed by atoms with Gasteiger partial charge in [-0.05, 0) is 30.7 Å². The third-order valence-electron chi connectivity index (χ3n) is 3.06. The van der Waals surface area contributed by atoms with E-state index in [-0.39, 0.29) is 11.6 Å². The quantitative estimate of drug-likeness (QED) is 0.828. The van der Waals surface area contributed by atoms with E-state index in [1.807, 2.05) is 31.2 Å². The standard InChI is InChI=1S/C16H19N3O3/c1-2-22-14-6-4-13(5-7-14)12-15(20)17-9-11-19-10-3-8-18-16(19)21/h3-8,10H,2,9,11-12H2,1H3,(H,17,20). The largest absolute Gasteiger partial charge is 0.494 e. The molecule has 0 atom stereocenters. The molecule has 0 fully saturated rings. The van der Waals surface area contributed by atoms with Gasteiger partial charge in [-0.2, -0.15) is 0 Å². The average Bonchev–Trinajstić information content (AvgIpc) is 2.51. The Labute approximate surface area is 128 Å². The van der Waals surface area contributed by atoms with Gasteiger partial charge in [0.25, 0.3) is 0 Å². The average molecular weight is 301 g/mol. The molecule has 6 heteroatoms. The molecule has 1 aromatic heterocycles. The molecule has 2 rings (SSSR count). The molecule has 0 bridgehead atoms. The Morgan fingerprint density at radius 3 is 2.77 bits per heavy atom. The molecule has 0 aliphatic rings. The highest BCUT2D eigenvalue weighted by Gasteiger charge is 2.04. The number of amides is 1. The minimum atomic E-state index is -0.316. The van der Waals surface area contributed by atoms with Crippen LogP contribution in [0.4, 0.5) is 0 Å². The topological polar surface area (TPSA) is 73.2 Å². The van der Waals surface area contributed by atoms with Crippen molar-refractivity contribution < 1.29 is 9.53 Å². The Morgan fingerprint density at radius 2 is 2.09 bits per heavy atom. The summed E-state index contributed by atoms with van der Waals surface area (Å²) in [4.78, 5) is 26.9. The van der Waals surface area contributed by atoms with Gasteiger partial charge in [0.15, 0.2) is 0 Å². The maximum atomic E-state index is 11.9. The first-order chi connectivity index (χ1) is 10.7. The third-order valence-corrected chi connectivity index (χ3v) is 3.06. The molecule has 116 valence electrons. The van der Waals surface area contributed by atoms with Crippen LogP contribution in [0.2, 0.25) is 0 Å². The van der Waals surface area contributed by atoms with Gasteiger partial charge in [-0.25, -0.2) is 9.78 Å². The van der Waals surface area contributed by atoms with Crippen molar-refractivity contribution in [1.82, 2.24) is 14.9 Å². The number of nitrogens with zero attached hydrogens (tertiary/aromatic N) is 2. The molecule has 0 saturated heterocycles. The molecule has 0 spiro atoms. The summed E-state index contributed by atoms with van der Waals surface area (Å²) >= 11 is 0. The highest BCUT2D eigenvalue weighted by atomic mass is 16.5. The number of carbonyl (C=O) groups excluding carboxylic acids is 1. The molecule has 1 N–H and O–H groups in total. The van der Waals surface area contributed by atoms with Crippen LogP contribution >= 0.6 is 0 Å². The van der Waals surface area contributed by atoms with Crippen LogP contribution in [0.3, 0.4) is 0 Å². The van der Waals surface area contributed by atoms with E-state index in [4.69, 9.17) is 4.74 Å². The van der Waals surface area contributed by atoms with E-state index >= 15 is 0 Å². The number of rotatable bonds is 7. The van der Waals surface area contributed by atoms with Crippen LogP contribution in [-0.4, -0.2) is 28.6 Å². The number of benzene rings is 1. The predicted octanol–water partition coefficient (Wildman–Crippen LogP) is 1.00. The molecule has 1 aromatic carbocycles. The van der Waals surface area contributed by atoms with Gasteiger partial charge in [0.2, 0.25) is 5.91 Å². The Bertz CT molecular complexity index is 665. The lowest BCUT2D eigenvalue weighted by Crippen LogP contribution is -2.32. The van der Waals surface area contributed by atoms with Gasteiger partial charge in [-0.3, -0.25) is 9.36 Å². The van der Waals surface area contributed by atoms with E-state index in [2.05, 4.69) is 10.3 Å². The summed E-state index contributed by atoms with van der Waals surface area (Å²) in [6.45, 7) is 3.34. The molecule has 1 amide bonds. The summed E-state index contributed by atoms with van der Waals surface area (Å²) in [7, 11) is 0. The molecule has 1 heterocycles. The number of hydrogen-bond donors (Lipinski definition) is 1. The predicted molar refractivity (Wildman–Crippen MR) is 82.8 cm³/mol. The van der Waals surface area contributed by atoms with E-state index < -0.39 is 0 Å². The van der Waals surface area contributed by atoms with Crippen LogP contribution in [0.5, 0.6) is 5.75 Å². The molecule has 0 aliphatic carbocycles. The first-order valence-electron chi connectivity index (χ1n) is 7.19. The van der Waals surface area contributed by atoms with Crippen molar-refractivity contribution in [3.05, 3.63) is 58.8 Å². The summed E-state index contributed by atoms with van der Waals surface area (Å²) in [6.07, 6.45) is 3.39. The molecule has 22 heavy (non-hydrogen) atoms. The normalized spacial score (nSPS) is 10.2. The minimum Gasteiger partial charge on any atom is -0.494 e. The third kappa shape index (κ3) is 4.73. The zero-order valence-corrected chi connectivity index (χ0v) is 12.5. The van der Waals surface area contributed by atoms with Gasteiger partial charge >= 0.3 is 5.69 Å². The number of carbonyl (C=O) groups is 1. The van der Waals surface area contributed by atoms with Gasteiger partial charge in [0, 0.05) is 25.5 Å². The molecule has 0 unspecified atom stereocenters. The molecule has 6 nitrogen and oxygen atoms in total. The fourth-order valence-corrected chi connectivity index (χ4v) is 1.99. The van der Waals surface area contributed by atoms with Gasteiger partial charge in [-0.1, -0.05) is 12.1 Å². The van der Waals surface area contributed by atoms with Crippen molar-refractivity contribution in [3.63, 3.8) is 0 Å². The molecular formula is C16H19N3O3. The number of aromatic nitrogens is 2. The molecule has 0 radical (unpaired) electrons. The summed E-state index contributed by atoms with van der Waals surface area (Å²) in [5.74, 6) is 0.712. The maximum Gasteiger partial charge on any atom is 0.347 e. The summed E-state index contributed by atoms with van der Waals surface area (Å²) < 4.78 is 6.81. The lowest BCUT2D eigenvalue weighted by atomic mass is 10.1. The Hall–Kier alpha value is -2.63. The van der Waals surface area contributed by atoms with Crippen molar-refractivity contribution in [2.75, 3.05) is 13.2 Å². The second kappa shape index (κ2) is 7.97. The van der Waals surface area contributed by atoms with Gasteiger partial charge in [0.1, 0.15) is 5.75 Å². The van der Waals surface area contributed by atoms with Crippen molar-refractivity contribution >= 4 is 5.91 Å². The fraction of sp³-hybridized carbons (Fsp3) is 0.312. The van der Waals surface area contributed by atoms with Crippen LogP contribution < -0.4 is 15.7 Å².